The van der Waals surface area contributed by atoms with Crippen LogP contribution in [0.4, 0.5) is 0 Å². The van der Waals surface area contributed by atoms with E-state index in [1.54, 1.807) is 0 Å². The number of rotatable bonds is 3. The third-order valence-electron chi connectivity index (χ3n) is 3.16. The van der Waals surface area contributed by atoms with Crippen LogP contribution < -0.4 is 0 Å². The summed E-state index contributed by atoms with van der Waals surface area (Å²) in [7, 11) is 0. The van der Waals surface area contributed by atoms with Gasteiger partial charge in [-0.15, -0.1) is 0 Å². The van der Waals surface area contributed by atoms with E-state index in [0.29, 0.717) is 6.42 Å². The van der Waals surface area contributed by atoms with Gasteiger partial charge in [-0.2, -0.15) is 11.8 Å². The van der Waals surface area contributed by atoms with Crippen molar-refractivity contribution >= 4 is 17.7 Å². The molecule has 1 N–H and O–H groups in total. The van der Waals surface area contributed by atoms with Crippen LogP contribution in [-0.4, -0.2) is 59.3 Å². The fourth-order valence-electron chi connectivity index (χ4n) is 2.29. The second-order valence-electron chi connectivity index (χ2n) is 4.43. The van der Waals surface area contributed by atoms with Crippen LogP contribution in [0.2, 0.25) is 0 Å². The zero-order chi connectivity index (χ0) is 11.4. The standard InChI is InChI=1S/C11H19NO3S/c13-11(14)10-3-2-9(15-10)8-12-4-1-6-16-7-5-12/h9-10H,1-8H2,(H,13,14). The second kappa shape index (κ2) is 5.89. The first-order valence-electron chi connectivity index (χ1n) is 5.94. The van der Waals surface area contributed by atoms with E-state index in [4.69, 9.17) is 9.84 Å². The number of thioether (sulfide) groups is 1. The molecule has 2 unspecified atom stereocenters. The molecule has 2 fully saturated rings. The molecule has 5 heteroatoms. The molecule has 16 heavy (non-hydrogen) atoms. The highest BCUT2D eigenvalue weighted by Gasteiger charge is 2.31. The highest BCUT2D eigenvalue weighted by atomic mass is 32.2. The Labute approximate surface area is 100 Å². The van der Waals surface area contributed by atoms with Gasteiger partial charge in [-0.3, -0.25) is 4.90 Å². The first-order valence-corrected chi connectivity index (χ1v) is 7.09. The molecule has 0 amide bonds. The van der Waals surface area contributed by atoms with Crippen molar-refractivity contribution in [1.29, 1.82) is 0 Å². The van der Waals surface area contributed by atoms with Gasteiger partial charge in [0.25, 0.3) is 0 Å². The SMILES string of the molecule is O=C(O)C1CCC(CN2CCCSCC2)O1. The van der Waals surface area contributed by atoms with E-state index >= 15 is 0 Å². The van der Waals surface area contributed by atoms with Gasteiger partial charge in [0.15, 0.2) is 6.10 Å². The monoisotopic (exact) mass is 245 g/mol. The Kier molecular flexibility index (Phi) is 4.49. The van der Waals surface area contributed by atoms with Gasteiger partial charge in [-0.05, 0) is 31.6 Å². The van der Waals surface area contributed by atoms with Crippen LogP contribution in [-0.2, 0) is 9.53 Å². The summed E-state index contributed by atoms with van der Waals surface area (Å²) in [6, 6.07) is 0. The fraction of sp³-hybridized carbons (Fsp3) is 0.909. The minimum atomic E-state index is -0.811. The summed E-state index contributed by atoms with van der Waals surface area (Å²) in [5.41, 5.74) is 0. The van der Waals surface area contributed by atoms with E-state index in [-0.39, 0.29) is 6.10 Å². The van der Waals surface area contributed by atoms with E-state index in [1.807, 2.05) is 11.8 Å². The van der Waals surface area contributed by atoms with Gasteiger partial charge < -0.3 is 9.84 Å². The minimum Gasteiger partial charge on any atom is -0.479 e. The number of nitrogens with zero attached hydrogens (tertiary/aromatic N) is 1. The Morgan fingerprint density at radius 1 is 1.38 bits per heavy atom. The molecule has 0 aromatic carbocycles. The van der Waals surface area contributed by atoms with Crippen LogP contribution in [0.15, 0.2) is 0 Å². The lowest BCUT2D eigenvalue weighted by atomic mass is 10.2. The lowest BCUT2D eigenvalue weighted by Crippen LogP contribution is -2.34. The fourth-order valence-corrected chi connectivity index (χ4v) is 3.21. The van der Waals surface area contributed by atoms with Crippen molar-refractivity contribution in [2.24, 2.45) is 0 Å². The third kappa shape index (κ3) is 3.37. The molecule has 2 aliphatic heterocycles. The summed E-state index contributed by atoms with van der Waals surface area (Å²) < 4.78 is 5.52. The quantitative estimate of drug-likeness (QED) is 0.805. The first-order chi connectivity index (χ1) is 7.75. The topological polar surface area (TPSA) is 49.8 Å². The highest BCUT2D eigenvalue weighted by molar-refractivity contribution is 7.99. The van der Waals surface area contributed by atoms with Crippen molar-refractivity contribution in [2.75, 3.05) is 31.1 Å². The maximum atomic E-state index is 10.8. The van der Waals surface area contributed by atoms with Crippen LogP contribution >= 0.6 is 11.8 Å². The lowest BCUT2D eigenvalue weighted by molar-refractivity contribution is -0.149. The molecule has 2 aliphatic rings. The zero-order valence-corrected chi connectivity index (χ0v) is 10.2. The average molecular weight is 245 g/mol. The van der Waals surface area contributed by atoms with E-state index in [1.165, 1.54) is 17.9 Å². The molecule has 4 nitrogen and oxygen atoms in total. The molecule has 0 aromatic heterocycles. The summed E-state index contributed by atoms with van der Waals surface area (Å²) >= 11 is 2.01. The number of ether oxygens (including phenoxy) is 1. The Bertz CT molecular complexity index is 241. The maximum Gasteiger partial charge on any atom is 0.332 e. The number of hydrogen-bond donors (Lipinski definition) is 1. The molecular formula is C11H19NO3S. The molecule has 2 heterocycles. The molecule has 2 rings (SSSR count). The van der Waals surface area contributed by atoms with Gasteiger partial charge in [-0.25, -0.2) is 4.79 Å². The number of hydrogen-bond acceptors (Lipinski definition) is 4. The molecule has 2 saturated heterocycles. The molecular weight excluding hydrogens is 226 g/mol. The number of aliphatic carboxylic acids is 1. The van der Waals surface area contributed by atoms with Crippen molar-refractivity contribution < 1.29 is 14.6 Å². The Hall–Kier alpha value is -0.260. The van der Waals surface area contributed by atoms with Crippen LogP contribution in [0.1, 0.15) is 19.3 Å². The van der Waals surface area contributed by atoms with E-state index in [2.05, 4.69) is 4.90 Å². The predicted molar refractivity (Wildman–Crippen MR) is 63.9 cm³/mol. The summed E-state index contributed by atoms with van der Waals surface area (Å²) in [5, 5.41) is 8.84. The maximum absolute atomic E-state index is 10.8. The van der Waals surface area contributed by atoms with Crippen LogP contribution in [0.25, 0.3) is 0 Å². The van der Waals surface area contributed by atoms with Gasteiger partial charge in [0.05, 0.1) is 6.10 Å². The molecule has 0 saturated carbocycles. The van der Waals surface area contributed by atoms with Crippen LogP contribution in [0.3, 0.4) is 0 Å². The van der Waals surface area contributed by atoms with Gasteiger partial charge >= 0.3 is 5.97 Å². The average Bonchev–Trinajstić information content (AvgIpc) is 2.56. The molecule has 0 aromatic rings. The second-order valence-corrected chi connectivity index (χ2v) is 5.65. The zero-order valence-electron chi connectivity index (χ0n) is 9.43. The van der Waals surface area contributed by atoms with Crippen molar-refractivity contribution in [3.8, 4) is 0 Å². The van der Waals surface area contributed by atoms with Crippen molar-refractivity contribution in [3.63, 3.8) is 0 Å². The first kappa shape index (κ1) is 12.2. The van der Waals surface area contributed by atoms with Crippen LogP contribution in [0, 0.1) is 0 Å². The largest absolute Gasteiger partial charge is 0.479 e. The molecule has 2 atom stereocenters. The van der Waals surface area contributed by atoms with Gasteiger partial charge in [0, 0.05) is 18.8 Å². The van der Waals surface area contributed by atoms with Gasteiger partial charge in [0.2, 0.25) is 0 Å². The van der Waals surface area contributed by atoms with Crippen LogP contribution in [0.5, 0.6) is 0 Å². The third-order valence-corrected chi connectivity index (χ3v) is 4.21. The highest BCUT2D eigenvalue weighted by Crippen LogP contribution is 2.21. The van der Waals surface area contributed by atoms with E-state index in [9.17, 15) is 4.79 Å². The summed E-state index contributed by atoms with van der Waals surface area (Å²) in [5.74, 6) is 1.63. The van der Waals surface area contributed by atoms with Crippen molar-refractivity contribution in [2.45, 2.75) is 31.5 Å². The molecule has 0 aliphatic carbocycles. The molecule has 0 spiro atoms. The van der Waals surface area contributed by atoms with Gasteiger partial charge in [-0.1, -0.05) is 0 Å². The van der Waals surface area contributed by atoms with Crippen molar-refractivity contribution in [3.05, 3.63) is 0 Å². The Morgan fingerprint density at radius 2 is 2.25 bits per heavy atom. The summed E-state index contributed by atoms with van der Waals surface area (Å²) in [6.07, 6.45) is 2.36. The number of carboxylic acids is 1. The summed E-state index contributed by atoms with van der Waals surface area (Å²) in [6.45, 7) is 3.15. The Balaban J connectivity index is 1.75. The normalized spacial score (nSPS) is 32.5. The number of carbonyl (C=O) groups is 1. The molecule has 92 valence electrons. The number of carboxylic acid groups (broad SMARTS) is 1. The predicted octanol–water partition coefficient (Wildman–Crippen LogP) is 1.06. The summed E-state index contributed by atoms with van der Waals surface area (Å²) in [4.78, 5) is 13.2. The smallest absolute Gasteiger partial charge is 0.332 e. The minimum absolute atomic E-state index is 0.129. The van der Waals surface area contributed by atoms with Gasteiger partial charge in [0.1, 0.15) is 0 Å². The Morgan fingerprint density at radius 3 is 3.00 bits per heavy atom. The van der Waals surface area contributed by atoms with E-state index < -0.39 is 12.1 Å². The molecule has 0 bridgehead atoms. The lowest BCUT2D eigenvalue weighted by Gasteiger charge is -2.23. The molecule has 0 radical (unpaired) electrons. The van der Waals surface area contributed by atoms with Crippen molar-refractivity contribution in [1.82, 2.24) is 4.90 Å². The van der Waals surface area contributed by atoms with E-state index in [0.717, 1.165) is 26.1 Å².